The Labute approximate surface area is 774 Å². The Morgan fingerprint density at radius 3 is 0.417 bits per heavy atom. The summed E-state index contributed by atoms with van der Waals surface area (Å²) in [6.07, 6.45) is 0. The monoisotopic (exact) mass is 1680 g/mol. The highest BCUT2D eigenvalue weighted by Gasteiger charge is 2.49. The van der Waals surface area contributed by atoms with Crippen molar-refractivity contribution in [2.75, 3.05) is 14.7 Å². The quantitative estimate of drug-likeness (QED) is 0.0848. The zero-order valence-electron chi connectivity index (χ0n) is 73.0. The van der Waals surface area contributed by atoms with E-state index < -0.39 is 10.8 Å². The number of nitrogens with zero attached hydrogens (tertiary/aromatic N) is 3. The maximum atomic E-state index is 2.36. The van der Waals surface area contributed by atoms with Crippen LogP contribution < -0.4 is 14.7 Å². The predicted octanol–water partition coefficient (Wildman–Crippen LogP) is 33.6. The van der Waals surface area contributed by atoms with Crippen molar-refractivity contribution in [2.45, 2.75) is 16.2 Å². The van der Waals surface area contributed by atoms with Crippen molar-refractivity contribution in [3.63, 3.8) is 0 Å². The summed E-state index contributed by atoms with van der Waals surface area (Å²) in [5.41, 5.74) is 39.6. The molecule has 21 aromatic rings. The van der Waals surface area contributed by atoms with Crippen LogP contribution >= 0.6 is 0 Å². The first-order valence-corrected chi connectivity index (χ1v) is 45.6. The van der Waals surface area contributed by atoms with E-state index in [1.807, 2.05) is 0 Å². The third-order valence-electron chi connectivity index (χ3n) is 26.9. The van der Waals surface area contributed by atoms with E-state index in [1.54, 1.807) is 0 Å². The molecular weight excluding hydrogens is 1590 g/mol. The van der Waals surface area contributed by atoms with Crippen LogP contribution in [0, 0.1) is 0 Å². The summed E-state index contributed by atoms with van der Waals surface area (Å²) in [7, 11) is 0. The molecule has 0 saturated carbocycles. The molecule has 0 fully saturated rings. The molecule has 3 nitrogen and oxygen atoms in total. The summed E-state index contributed by atoms with van der Waals surface area (Å²) in [6, 6.07) is 204. The fourth-order valence-corrected chi connectivity index (χ4v) is 21.1. The second-order valence-electron chi connectivity index (χ2n) is 34.0. The Morgan fingerprint density at radius 2 is 0.227 bits per heavy atom. The minimum absolute atomic E-state index is 0.378. The Balaban J connectivity index is 0.000000117. The van der Waals surface area contributed by atoms with Gasteiger partial charge in [0.25, 0.3) is 0 Å². The lowest BCUT2D eigenvalue weighted by molar-refractivity contribution is 0.768. The van der Waals surface area contributed by atoms with Gasteiger partial charge in [-0.15, -0.1) is 0 Å². The SMILES string of the molecule is c1ccc(-c2ccc(N(c3ccc(-c4ccccc4)cc3)c3ccc(C4(c5ccccc5)c5ccccc5-c5ccccc54)cc3)cc2)cc1.c1ccc(-c2ccc(N(c3ccccc3)c3ccc(C4(c5ccccc5)c5ccccc5-c5ccccc54)cc3)cc2)cc1.c1ccc(N(c2ccccc2)c2ccc(C3(c4ccccc4)c4ccccc4-c4ccccc43)cc2)cc1. The van der Waals surface area contributed by atoms with E-state index in [2.05, 4.69) is 579 Å². The molecule has 0 spiro atoms. The van der Waals surface area contributed by atoms with Gasteiger partial charge in [0.05, 0.1) is 16.2 Å². The lowest BCUT2D eigenvalue weighted by Gasteiger charge is -2.34. The summed E-state index contributed by atoms with van der Waals surface area (Å²) in [5, 5.41) is 0. The van der Waals surface area contributed by atoms with Gasteiger partial charge in [0.15, 0.2) is 0 Å². The molecule has 3 aliphatic rings. The van der Waals surface area contributed by atoms with Gasteiger partial charge in [-0.25, -0.2) is 0 Å². The Morgan fingerprint density at radius 1 is 0.0985 bits per heavy atom. The van der Waals surface area contributed by atoms with Crippen molar-refractivity contribution in [3.8, 4) is 66.8 Å². The summed E-state index contributed by atoms with van der Waals surface area (Å²) >= 11 is 0. The molecule has 0 bridgehead atoms. The second-order valence-corrected chi connectivity index (χ2v) is 34.0. The summed E-state index contributed by atoms with van der Waals surface area (Å²) < 4.78 is 0. The Bertz CT molecular complexity index is 7270. The fraction of sp³-hybridized carbons (Fsp3) is 0.0233. The highest BCUT2D eigenvalue weighted by atomic mass is 15.2. The van der Waals surface area contributed by atoms with Crippen LogP contribution in [0.3, 0.4) is 0 Å². The minimum atomic E-state index is -0.424. The average molecular weight is 1690 g/mol. The smallest absolute Gasteiger partial charge is 0.0713 e. The number of fused-ring (bicyclic) bond motifs is 9. The number of rotatable bonds is 18. The maximum absolute atomic E-state index is 2.36. The summed E-state index contributed by atoms with van der Waals surface area (Å²) in [5.74, 6) is 0. The van der Waals surface area contributed by atoms with E-state index in [0.29, 0.717) is 0 Å². The van der Waals surface area contributed by atoms with E-state index >= 15 is 0 Å². The van der Waals surface area contributed by atoms with Crippen molar-refractivity contribution < 1.29 is 0 Å². The van der Waals surface area contributed by atoms with Crippen molar-refractivity contribution in [1.82, 2.24) is 0 Å². The third kappa shape index (κ3) is 14.5. The molecule has 0 saturated heterocycles. The molecule has 3 aliphatic carbocycles. The standard InChI is InChI=1S/C49H35N.C43H31N.C37H27N/c1-4-14-36(15-5-1)38-24-30-42(31-25-38)50(43-32-26-39(27-33-43)37-16-6-2-7-17-37)44-34-28-41(29-35-44)49(40-18-8-3-9-19-40)47-22-12-10-20-45(47)46-21-11-13-23-48(46)49;1-4-14-32(15-5-1)33-24-28-37(29-25-33)44(36-18-8-3-9-19-36)38-30-26-35(27-31-38)43(34-16-6-2-7-17-34)41-22-12-10-20-39(41)40-21-11-13-23-42(40)43;1-4-14-28(15-5-1)37(35-22-12-10-20-33(35)34-21-11-13-23-36(34)37)29-24-26-32(27-25-29)38(30-16-6-2-7-17-30)31-18-8-3-9-19-31/h1-35H;1-31H;1-27H. The molecular formula is C129H93N3. The van der Waals surface area contributed by atoms with Gasteiger partial charge in [0.1, 0.15) is 0 Å². The van der Waals surface area contributed by atoms with Crippen LogP contribution in [0.15, 0.2) is 564 Å². The van der Waals surface area contributed by atoms with Gasteiger partial charge >= 0.3 is 0 Å². The van der Waals surface area contributed by atoms with E-state index in [4.69, 9.17) is 0 Å². The zero-order chi connectivity index (χ0) is 88.0. The predicted molar refractivity (Wildman–Crippen MR) is 552 cm³/mol. The van der Waals surface area contributed by atoms with Crippen LogP contribution in [0.4, 0.5) is 51.2 Å². The van der Waals surface area contributed by atoms with E-state index in [0.717, 1.165) is 51.2 Å². The molecule has 3 heteroatoms. The molecule has 24 rings (SSSR count). The summed E-state index contributed by atoms with van der Waals surface area (Å²) in [4.78, 5) is 7.01. The van der Waals surface area contributed by atoms with Gasteiger partial charge in [-0.3, -0.25) is 0 Å². The first kappa shape index (κ1) is 80.8. The normalized spacial score (nSPS) is 12.7. The zero-order valence-corrected chi connectivity index (χ0v) is 73.0. The number of para-hydroxylation sites is 3. The number of anilines is 9. The van der Waals surface area contributed by atoms with Gasteiger partial charge in [-0.2, -0.15) is 0 Å². The highest BCUT2D eigenvalue weighted by Crippen LogP contribution is 2.60. The van der Waals surface area contributed by atoms with Crippen LogP contribution in [0.5, 0.6) is 0 Å². The van der Waals surface area contributed by atoms with Crippen LogP contribution in [0.2, 0.25) is 0 Å². The third-order valence-corrected chi connectivity index (χ3v) is 26.9. The lowest BCUT2D eigenvalue weighted by Crippen LogP contribution is -2.28. The largest absolute Gasteiger partial charge is 0.311 e. The Kier molecular flexibility index (Phi) is 21.9. The van der Waals surface area contributed by atoms with Crippen LogP contribution in [0.1, 0.15) is 66.8 Å². The second kappa shape index (κ2) is 35.7. The fourth-order valence-electron chi connectivity index (χ4n) is 21.1. The molecule has 624 valence electrons. The molecule has 0 N–H and O–H groups in total. The molecule has 0 unspecified atom stereocenters. The number of hydrogen-bond donors (Lipinski definition) is 0. The van der Waals surface area contributed by atoms with Crippen LogP contribution in [-0.2, 0) is 16.2 Å². The maximum Gasteiger partial charge on any atom is 0.0713 e. The minimum Gasteiger partial charge on any atom is -0.311 e. The molecule has 21 aromatic carbocycles. The molecule has 0 amide bonds. The first-order chi connectivity index (χ1) is 65.5. The molecule has 0 radical (unpaired) electrons. The average Bonchev–Trinajstić information content (AvgIpc) is 1.55. The molecule has 132 heavy (non-hydrogen) atoms. The van der Waals surface area contributed by atoms with E-state index in [9.17, 15) is 0 Å². The number of benzene rings is 21. The van der Waals surface area contributed by atoms with E-state index in [-0.39, 0.29) is 5.41 Å². The van der Waals surface area contributed by atoms with Crippen molar-refractivity contribution in [3.05, 3.63) is 631 Å². The molecule has 0 atom stereocenters. The van der Waals surface area contributed by atoms with Crippen molar-refractivity contribution in [1.29, 1.82) is 0 Å². The van der Waals surface area contributed by atoms with Crippen LogP contribution in [-0.4, -0.2) is 0 Å². The van der Waals surface area contributed by atoms with E-state index in [1.165, 1.54) is 134 Å². The van der Waals surface area contributed by atoms with Gasteiger partial charge in [-0.1, -0.05) is 455 Å². The first-order valence-electron chi connectivity index (χ1n) is 45.6. The lowest BCUT2D eigenvalue weighted by atomic mass is 9.68. The Hall–Kier alpha value is -17.0. The van der Waals surface area contributed by atoms with Gasteiger partial charge in [-0.05, 0) is 243 Å². The molecule has 0 aromatic heterocycles. The van der Waals surface area contributed by atoms with Crippen molar-refractivity contribution in [2.24, 2.45) is 0 Å². The highest BCUT2D eigenvalue weighted by molar-refractivity contribution is 5.92. The number of hydrogen-bond acceptors (Lipinski definition) is 3. The van der Waals surface area contributed by atoms with Crippen molar-refractivity contribution >= 4 is 51.2 Å². The van der Waals surface area contributed by atoms with Crippen LogP contribution in [0.25, 0.3) is 66.8 Å². The molecule has 0 heterocycles. The molecule has 0 aliphatic heterocycles. The van der Waals surface area contributed by atoms with Gasteiger partial charge in [0.2, 0.25) is 0 Å². The van der Waals surface area contributed by atoms with Gasteiger partial charge < -0.3 is 14.7 Å². The summed E-state index contributed by atoms with van der Waals surface area (Å²) in [6.45, 7) is 0. The topological polar surface area (TPSA) is 9.72 Å². The van der Waals surface area contributed by atoms with Gasteiger partial charge in [0, 0.05) is 51.2 Å².